The van der Waals surface area contributed by atoms with Crippen molar-refractivity contribution in [3.63, 3.8) is 0 Å². The molecule has 0 unspecified atom stereocenters. The summed E-state index contributed by atoms with van der Waals surface area (Å²) in [5.41, 5.74) is 6.70. The molecule has 214 valence electrons. The third kappa shape index (κ3) is 4.88. The minimum Gasteiger partial charge on any atom is -0.363 e. The van der Waals surface area contributed by atoms with Gasteiger partial charge in [0.1, 0.15) is 11.6 Å². The minimum atomic E-state index is -0.375. The number of anilines is 1. The third-order valence-electron chi connectivity index (χ3n) is 8.30. The molecule has 1 fully saturated rings. The first kappa shape index (κ1) is 29.2. The van der Waals surface area contributed by atoms with Crippen LogP contribution in [0, 0.1) is 25.2 Å². The second-order valence-electron chi connectivity index (χ2n) is 11.3. The number of nitrogens with zero attached hydrogens (tertiary/aromatic N) is 4. The number of fused-ring (bicyclic) bond motifs is 1. The van der Waals surface area contributed by atoms with Gasteiger partial charge >= 0.3 is 0 Å². The number of pyridine rings is 1. The Bertz CT molecular complexity index is 1810. The number of para-hydroxylation sites is 1. The van der Waals surface area contributed by atoms with E-state index in [0.29, 0.717) is 35.9 Å². The molecule has 6 nitrogen and oxygen atoms in total. The highest BCUT2D eigenvalue weighted by Gasteiger charge is 2.31. The number of aryl methyl sites for hydroxylation is 2. The molecule has 5 rings (SSSR count). The molecule has 1 aliphatic rings. The van der Waals surface area contributed by atoms with E-state index in [0.717, 1.165) is 38.9 Å². The van der Waals surface area contributed by atoms with Gasteiger partial charge in [-0.25, -0.2) is 0 Å². The number of hydrogen-bond acceptors (Lipinski definition) is 4. The van der Waals surface area contributed by atoms with Crippen LogP contribution in [0.5, 0.6) is 0 Å². The SMILES string of the molecule is C=CC(=O)N1CCN(c2c(C#N)c(=O)n(-c3ccccc3C(C)C)c3cc(-c4c(C)cccc4C)c(Cl)cc23)[C@@H](C)C1. The summed E-state index contributed by atoms with van der Waals surface area (Å²) in [6, 6.07) is 20.0. The molecule has 0 bridgehead atoms. The molecule has 0 spiro atoms. The molecular weight excluding hydrogens is 544 g/mol. The second kappa shape index (κ2) is 11.5. The number of piperazine rings is 1. The molecule has 1 aromatic heterocycles. The van der Waals surface area contributed by atoms with Crippen molar-refractivity contribution in [3.8, 4) is 22.9 Å². The van der Waals surface area contributed by atoms with Gasteiger partial charge < -0.3 is 9.80 Å². The molecule has 4 aromatic rings. The van der Waals surface area contributed by atoms with E-state index in [4.69, 9.17) is 11.6 Å². The molecule has 7 heteroatoms. The predicted octanol–water partition coefficient (Wildman–Crippen LogP) is 7.15. The van der Waals surface area contributed by atoms with E-state index in [1.807, 2.05) is 49.4 Å². The van der Waals surface area contributed by atoms with Crippen LogP contribution in [-0.4, -0.2) is 41.1 Å². The van der Waals surface area contributed by atoms with Gasteiger partial charge in [0.25, 0.3) is 5.56 Å². The highest BCUT2D eigenvalue weighted by molar-refractivity contribution is 6.34. The average molecular weight is 579 g/mol. The number of rotatable bonds is 5. The molecule has 0 radical (unpaired) electrons. The van der Waals surface area contributed by atoms with Crippen LogP contribution in [0.4, 0.5) is 5.69 Å². The summed E-state index contributed by atoms with van der Waals surface area (Å²) < 4.78 is 1.68. The zero-order chi connectivity index (χ0) is 30.3. The number of nitriles is 1. The number of carbonyl (C=O) groups excluding carboxylic acids is 1. The normalized spacial score (nSPS) is 15.2. The van der Waals surface area contributed by atoms with Gasteiger partial charge in [-0.3, -0.25) is 14.2 Å². The minimum absolute atomic E-state index is 0.0623. The monoisotopic (exact) mass is 578 g/mol. The van der Waals surface area contributed by atoms with Crippen molar-refractivity contribution >= 4 is 34.1 Å². The van der Waals surface area contributed by atoms with Crippen molar-refractivity contribution in [2.75, 3.05) is 24.5 Å². The van der Waals surface area contributed by atoms with Gasteiger partial charge in [0.2, 0.25) is 5.91 Å². The first-order chi connectivity index (χ1) is 20.1. The van der Waals surface area contributed by atoms with E-state index in [9.17, 15) is 14.9 Å². The van der Waals surface area contributed by atoms with Gasteiger partial charge in [0.05, 0.1) is 16.9 Å². The van der Waals surface area contributed by atoms with E-state index in [-0.39, 0.29) is 29.0 Å². The van der Waals surface area contributed by atoms with Gasteiger partial charge in [-0.15, -0.1) is 0 Å². The smallest absolute Gasteiger partial charge is 0.275 e. The fourth-order valence-electron chi connectivity index (χ4n) is 6.26. The molecule has 1 amide bonds. The topological polar surface area (TPSA) is 69.3 Å². The summed E-state index contributed by atoms with van der Waals surface area (Å²) in [7, 11) is 0. The molecule has 42 heavy (non-hydrogen) atoms. The molecular formula is C35H35ClN4O2. The van der Waals surface area contributed by atoms with Crippen LogP contribution in [0.15, 0.2) is 72.0 Å². The fraction of sp³-hybridized carbons (Fsp3) is 0.286. The molecule has 0 N–H and O–H groups in total. The maximum absolute atomic E-state index is 14.4. The van der Waals surface area contributed by atoms with E-state index in [2.05, 4.69) is 57.4 Å². The molecule has 0 saturated carbocycles. The Labute approximate surface area is 252 Å². The van der Waals surface area contributed by atoms with Gasteiger partial charge in [-0.05, 0) is 73.2 Å². The quantitative estimate of drug-likeness (QED) is 0.236. The van der Waals surface area contributed by atoms with Crippen molar-refractivity contribution < 1.29 is 4.79 Å². The van der Waals surface area contributed by atoms with Crippen LogP contribution in [0.25, 0.3) is 27.7 Å². The van der Waals surface area contributed by atoms with Gasteiger partial charge in [0.15, 0.2) is 0 Å². The molecule has 3 aromatic carbocycles. The summed E-state index contributed by atoms with van der Waals surface area (Å²) in [4.78, 5) is 30.6. The largest absolute Gasteiger partial charge is 0.363 e. The number of hydrogen-bond donors (Lipinski definition) is 0. The first-order valence-corrected chi connectivity index (χ1v) is 14.6. The van der Waals surface area contributed by atoms with Crippen LogP contribution >= 0.6 is 11.6 Å². The van der Waals surface area contributed by atoms with Crippen molar-refractivity contribution in [1.82, 2.24) is 9.47 Å². The first-order valence-electron chi connectivity index (χ1n) is 14.2. The van der Waals surface area contributed by atoms with Crippen LogP contribution in [0.2, 0.25) is 5.02 Å². The van der Waals surface area contributed by atoms with E-state index in [1.54, 1.807) is 9.47 Å². The van der Waals surface area contributed by atoms with Crippen molar-refractivity contribution in [1.29, 1.82) is 5.26 Å². The summed E-state index contributed by atoms with van der Waals surface area (Å²) in [6.45, 7) is 15.3. The third-order valence-corrected chi connectivity index (χ3v) is 8.61. The molecule has 1 aliphatic heterocycles. The molecule has 1 atom stereocenters. The van der Waals surface area contributed by atoms with Crippen molar-refractivity contribution in [2.24, 2.45) is 0 Å². The van der Waals surface area contributed by atoms with E-state index in [1.165, 1.54) is 6.08 Å². The maximum Gasteiger partial charge on any atom is 0.275 e. The lowest BCUT2D eigenvalue weighted by Gasteiger charge is -2.41. The Morgan fingerprint density at radius 3 is 2.40 bits per heavy atom. The molecule has 0 aliphatic carbocycles. The molecule has 2 heterocycles. The van der Waals surface area contributed by atoms with Crippen LogP contribution in [0.1, 0.15) is 48.9 Å². The zero-order valence-corrected chi connectivity index (χ0v) is 25.5. The van der Waals surface area contributed by atoms with Crippen LogP contribution in [0.3, 0.4) is 0 Å². The summed E-state index contributed by atoms with van der Waals surface area (Å²) in [5.74, 6) is 0.0168. The average Bonchev–Trinajstić information content (AvgIpc) is 2.96. The summed E-state index contributed by atoms with van der Waals surface area (Å²) in [6.07, 6.45) is 1.32. The number of aromatic nitrogens is 1. The van der Waals surface area contributed by atoms with Crippen LogP contribution < -0.4 is 10.5 Å². The van der Waals surface area contributed by atoms with Crippen LogP contribution in [-0.2, 0) is 4.79 Å². The lowest BCUT2D eigenvalue weighted by Crippen LogP contribution is -2.54. The Morgan fingerprint density at radius 2 is 1.79 bits per heavy atom. The van der Waals surface area contributed by atoms with E-state index < -0.39 is 0 Å². The number of amides is 1. The van der Waals surface area contributed by atoms with Crippen molar-refractivity contribution in [3.05, 3.63) is 105 Å². The Kier molecular flexibility index (Phi) is 7.99. The van der Waals surface area contributed by atoms with Gasteiger partial charge in [-0.2, -0.15) is 5.26 Å². The van der Waals surface area contributed by atoms with Crippen molar-refractivity contribution in [2.45, 2.75) is 46.6 Å². The number of carbonyl (C=O) groups is 1. The standard InChI is InChI=1S/C35H35ClN4O2/c1-7-32(41)38-15-16-39(24(6)20-38)34-27-17-29(36)26(33-22(4)11-10-12-23(33)5)18-31(27)40(35(42)28(34)19-37)30-14-9-8-13-25(30)21(2)3/h7-14,17-18,21,24H,1,15-16,20H2,2-6H3/t24-/m0/s1. The number of benzene rings is 3. The molecule has 1 saturated heterocycles. The highest BCUT2D eigenvalue weighted by Crippen LogP contribution is 2.41. The Hall–Kier alpha value is -4.34. The van der Waals surface area contributed by atoms with Gasteiger partial charge in [0, 0.05) is 41.6 Å². The lowest BCUT2D eigenvalue weighted by molar-refractivity contribution is -0.126. The van der Waals surface area contributed by atoms with E-state index >= 15 is 0 Å². The Morgan fingerprint density at radius 1 is 1.10 bits per heavy atom. The maximum atomic E-state index is 14.4. The predicted molar refractivity (Wildman–Crippen MR) is 172 cm³/mol. The zero-order valence-electron chi connectivity index (χ0n) is 24.7. The number of halogens is 1. The highest BCUT2D eigenvalue weighted by atomic mass is 35.5. The lowest BCUT2D eigenvalue weighted by atomic mass is 9.93. The fourth-order valence-corrected chi connectivity index (χ4v) is 6.52. The Balaban J connectivity index is 1.89. The van der Waals surface area contributed by atoms with Gasteiger partial charge in [-0.1, -0.05) is 68.4 Å². The summed E-state index contributed by atoms with van der Waals surface area (Å²) in [5, 5.41) is 11.7. The second-order valence-corrected chi connectivity index (χ2v) is 11.7. The summed E-state index contributed by atoms with van der Waals surface area (Å²) >= 11 is 7.08.